The van der Waals surface area contributed by atoms with Gasteiger partial charge in [-0.3, -0.25) is 4.79 Å². The zero-order valence-corrected chi connectivity index (χ0v) is 14.8. The van der Waals surface area contributed by atoms with Crippen molar-refractivity contribution in [3.8, 4) is 0 Å². The van der Waals surface area contributed by atoms with Crippen molar-refractivity contribution < 1.29 is 19.0 Å². The van der Waals surface area contributed by atoms with Crippen LogP contribution in [0.15, 0.2) is 0 Å². The summed E-state index contributed by atoms with van der Waals surface area (Å²) >= 11 is 0. The van der Waals surface area contributed by atoms with E-state index < -0.39 is 0 Å². The van der Waals surface area contributed by atoms with E-state index in [0.717, 1.165) is 45.4 Å². The van der Waals surface area contributed by atoms with Gasteiger partial charge in [-0.15, -0.1) is 0 Å². The number of rotatable bonds is 12. The van der Waals surface area contributed by atoms with Gasteiger partial charge in [0.1, 0.15) is 0 Å². The van der Waals surface area contributed by atoms with Crippen LogP contribution in [-0.2, 0) is 19.0 Å². The van der Waals surface area contributed by atoms with Crippen molar-refractivity contribution >= 4 is 5.91 Å². The van der Waals surface area contributed by atoms with Crippen LogP contribution in [0.1, 0.15) is 52.4 Å². The lowest BCUT2D eigenvalue weighted by molar-refractivity contribution is -0.126. The van der Waals surface area contributed by atoms with E-state index in [4.69, 9.17) is 14.2 Å². The Bertz CT molecular complexity index is 237. The standard InChI is InChI=1S/C12H26O3.C5H9NO/c1-3-5-7-13-9-11-15-12-10-14-8-6-4-2;1-6-4-2-3-5(6)7/h3-12H2,1-2H3;2-4H2,1H3. The molecule has 0 unspecified atom stereocenters. The number of carbonyl (C=O) groups excluding carboxylic acids is 1. The van der Waals surface area contributed by atoms with Crippen LogP contribution in [0.5, 0.6) is 0 Å². The highest BCUT2D eigenvalue weighted by atomic mass is 16.5. The van der Waals surface area contributed by atoms with Crippen LogP contribution in [0.2, 0.25) is 0 Å². The molecule has 5 heteroatoms. The zero-order chi connectivity index (χ0) is 16.5. The first-order chi connectivity index (χ1) is 10.7. The van der Waals surface area contributed by atoms with E-state index in [0.29, 0.717) is 32.3 Å². The summed E-state index contributed by atoms with van der Waals surface area (Å²) in [4.78, 5) is 12.3. The molecule has 1 fully saturated rings. The van der Waals surface area contributed by atoms with Crippen LogP contribution < -0.4 is 0 Å². The van der Waals surface area contributed by atoms with Gasteiger partial charge in [0.05, 0.1) is 26.4 Å². The van der Waals surface area contributed by atoms with Gasteiger partial charge in [-0.1, -0.05) is 26.7 Å². The second-order valence-corrected chi connectivity index (χ2v) is 5.46. The average Bonchev–Trinajstić information content (AvgIpc) is 2.89. The van der Waals surface area contributed by atoms with Crippen molar-refractivity contribution in [1.29, 1.82) is 0 Å². The molecule has 132 valence electrons. The molecule has 0 saturated carbocycles. The van der Waals surface area contributed by atoms with E-state index in [-0.39, 0.29) is 0 Å². The number of likely N-dealkylation sites (tertiary alicyclic amines) is 1. The van der Waals surface area contributed by atoms with Gasteiger partial charge in [-0.2, -0.15) is 0 Å². The number of nitrogens with zero attached hydrogens (tertiary/aromatic N) is 1. The lowest BCUT2D eigenvalue weighted by Crippen LogP contribution is -2.17. The molecular formula is C17H35NO4. The van der Waals surface area contributed by atoms with E-state index in [1.807, 2.05) is 7.05 Å². The van der Waals surface area contributed by atoms with Gasteiger partial charge in [0.25, 0.3) is 0 Å². The first-order valence-electron chi connectivity index (χ1n) is 8.69. The van der Waals surface area contributed by atoms with Crippen LogP contribution >= 0.6 is 0 Å². The maximum absolute atomic E-state index is 10.5. The molecule has 22 heavy (non-hydrogen) atoms. The minimum atomic E-state index is 0.292. The smallest absolute Gasteiger partial charge is 0.222 e. The van der Waals surface area contributed by atoms with Gasteiger partial charge < -0.3 is 19.1 Å². The number of hydrogen-bond donors (Lipinski definition) is 0. The average molecular weight is 317 g/mol. The lowest BCUT2D eigenvalue weighted by atomic mass is 10.4. The van der Waals surface area contributed by atoms with Gasteiger partial charge in [0, 0.05) is 33.2 Å². The highest BCUT2D eigenvalue weighted by Crippen LogP contribution is 2.04. The quantitative estimate of drug-likeness (QED) is 0.519. The SMILES string of the molecule is CCCCOCCOCCOCCCC.CN1CCCC1=O. The molecule has 1 rings (SSSR count). The van der Waals surface area contributed by atoms with Crippen LogP contribution in [0.25, 0.3) is 0 Å². The lowest BCUT2D eigenvalue weighted by Gasteiger charge is -2.06. The van der Waals surface area contributed by atoms with Crippen molar-refractivity contribution in [2.24, 2.45) is 0 Å². The van der Waals surface area contributed by atoms with Crippen LogP contribution in [0.4, 0.5) is 0 Å². The first-order valence-corrected chi connectivity index (χ1v) is 8.69. The monoisotopic (exact) mass is 317 g/mol. The fourth-order valence-electron chi connectivity index (χ4n) is 1.82. The third-order valence-electron chi connectivity index (χ3n) is 3.34. The Morgan fingerprint density at radius 1 is 0.864 bits per heavy atom. The molecule has 0 atom stereocenters. The Balaban J connectivity index is 0.000000518. The minimum absolute atomic E-state index is 0.292. The summed E-state index contributed by atoms with van der Waals surface area (Å²) in [7, 11) is 1.84. The number of ether oxygens (including phenoxy) is 3. The normalized spacial score (nSPS) is 14.1. The number of carbonyl (C=O) groups is 1. The summed E-state index contributed by atoms with van der Waals surface area (Å²) in [5.74, 6) is 0.292. The van der Waals surface area contributed by atoms with Gasteiger partial charge >= 0.3 is 0 Å². The zero-order valence-electron chi connectivity index (χ0n) is 14.8. The van der Waals surface area contributed by atoms with E-state index in [1.165, 1.54) is 12.8 Å². The van der Waals surface area contributed by atoms with Crippen molar-refractivity contribution in [3.63, 3.8) is 0 Å². The first kappa shape index (κ1) is 21.4. The van der Waals surface area contributed by atoms with Crippen LogP contribution in [-0.4, -0.2) is 64.0 Å². The fourth-order valence-corrected chi connectivity index (χ4v) is 1.82. The van der Waals surface area contributed by atoms with Crippen LogP contribution in [0.3, 0.4) is 0 Å². The maximum Gasteiger partial charge on any atom is 0.222 e. The number of amides is 1. The second-order valence-electron chi connectivity index (χ2n) is 5.46. The molecule has 0 N–H and O–H groups in total. The Morgan fingerprint density at radius 3 is 1.59 bits per heavy atom. The summed E-state index contributed by atoms with van der Waals surface area (Å²) in [6, 6.07) is 0. The Labute approximate surface area is 136 Å². The van der Waals surface area contributed by atoms with E-state index >= 15 is 0 Å². The summed E-state index contributed by atoms with van der Waals surface area (Å²) in [6.45, 7) is 9.76. The predicted octanol–water partition coefficient (Wildman–Crippen LogP) is 2.88. The molecule has 1 heterocycles. The number of unbranched alkanes of at least 4 members (excludes halogenated alkanes) is 2. The van der Waals surface area contributed by atoms with Crippen LogP contribution in [0, 0.1) is 0 Å². The second kappa shape index (κ2) is 16.7. The Hall–Kier alpha value is -0.650. The predicted molar refractivity (Wildman–Crippen MR) is 89.1 cm³/mol. The molecule has 1 saturated heterocycles. The molecule has 0 bridgehead atoms. The Kier molecular flexibility index (Phi) is 16.2. The summed E-state index contributed by atoms with van der Waals surface area (Å²) < 4.78 is 16.1. The molecule has 0 aromatic heterocycles. The van der Waals surface area contributed by atoms with Crippen molar-refractivity contribution in [2.75, 3.05) is 53.2 Å². The molecular weight excluding hydrogens is 282 g/mol. The van der Waals surface area contributed by atoms with Crippen molar-refractivity contribution in [1.82, 2.24) is 4.90 Å². The maximum atomic E-state index is 10.5. The molecule has 1 aliphatic rings. The highest BCUT2D eigenvalue weighted by Gasteiger charge is 2.14. The number of hydrogen-bond acceptors (Lipinski definition) is 4. The highest BCUT2D eigenvalue weighted by molar-refractivity contribution is 5.77. The molecule has 0 aromatic rings. The van der Waals surface area contributed by atoms with Gasteiger partial charge in [0.2, 0.25) is 5.91 Å². The van der Waals surface area contributed by atoms with Crippen molar-refractivity contribution in [2.45, 2.75) is 52.4 Å². The summed E-state index contributed by atoms with van der Waals surface area (Å²) in [5, 5.41) is 0. The molecule has 1 aliphatic heterocycles. The van der Waals surface area contributed by atoms with Gasteiger partial charge in [-0.25, -0.2) is 0 Å². The summed E-state index contributed by atoms with van der Waals surface area (Å²) in [6.07, 6.45) is 6.46. The largest absolute Gasteiger partial charge is 0.379 e. The minimum Gasteiger partial charge on any atom is -0.379 e. The van der Waals surface area contributed by atoms with E-state index in [1.54, 1.807) is 4.90 Å². The molecule has 0 aliphatic carbocycles. The molecule has 0 aromatic carbocycles. The summed E-state index contributed by atoms with van der Waals surface area (Å²) in [5.41, 5.74) is 0. The van der Waals surface area contributed by atoms with E-state index in [9.17, 15) is 4.79 Å². The van der Waals surface area contributed by atoms with E-state index in [2.05, 4.69) is 13.8 Å². The molecule has 5 nitrogen and oxygen atoms in total. The third kappa shape index (κ3) is 14.3. The molecule has 1 amide bonds. The molecule has 0 spiro atoms. The van der Waals surface area contributed by atoms with Crippen molar-refractivity contribution in [3.05, 3.63) is 0 Å². The topological polar surface area (TPSA) is 48.0 Å². The van der Waals surface area contributed by atoms with Gasteiger partial charge in [0.15, 0.2) is 0 Å². The van der Waals surface area contributed by atoms with Gasteiger partial charge in [-0.05, 0) is 19.3 Å². The Morgan fingerprint density at radius 2 is 1.32 bits per heavy atom. The molecule has 0 radical (unpaired) electrons. The third-order valence-corrected chi connectivity index (χ3v) is 3.34. The fraction of sp³-hybridized carbons (Fsp3) is 0.941.